The fraction of sp³-hybridized carbons (Fsp3) is 0.267. The van der Waals surface area contributed by atoms with Gasteiger partial charge in [-0.25, -0.2) is 17.4 Å². The summed E-state index contributed by atoms with van der Waals surface area (Å²) >= 11 is 0. The summed E-state index contributed by atoms with van der Waals surface area (Å²) in [6.07, 6.45) is 1.63. The van der Waals surface area contributed by atoms with E-state index < -0.39 is 33.9 Å². The number of carbonyl (C=O) groups excluding carboxylic acids is 1. The zero-order chi connectivity index (χ0) is 17.1. The second-order valence-corrected chi connectivity index (χ2v) is 6.21. The topological polar surface area (TPSA) is 73.4 Å². The van der Waals surface area contributed by atoms with Crippen LogP contribution in [0.2, 0.25) is 0 Å². The molecule has 0 spiro atoms. The normalized spacial score (nSPS) is 13.1. The monoisotopic (exact) mass is 337 g/mol. The quantitative estimate of drug-likeness (QED) is 0.835. The van der Waals surface area contributed by atoms with Gasteiger partial charge in [-0.1, -0.05) is 19.1 Å². The summed E-state index contributed by atoms with van der Waals surface area (Å²) in [7, 11) is -0.628. The molecule has 6 nitrogen and oxygen atoms in total. The van der Waals surface area contributed by atoms with E-state index in [1.165, 1.54) is 7.05 Å². The van der Waals surface area contributed by atoms with Gasteiger partial charge in [0.15, 0.2) is 22.3 Å². The minimum atomic E-state index is -1.89. The Morgan fingerprint density at radius 2 is 1.91 bits per heavy atom. The molecule has 2 aromatic rings. The smallest absolute Gasteiger partial charge is 0.278 e. The Kier molecular flexibility index (Phi) is 5.05. The van der Waals surface area contributed by atoms with E-state index in [0.717, 1.165) is 33.6 Å². The molecular formula is C15H16FN3O3S. The van der Waals surface area contributed by atoms with E-state index in [2.05, 4.69) is 4.99 Å². The van der Waals surface area contributed by atoms with E-state index in [0.29, 0.717) is 4.90 Å². The fourth-order valence-corrected chi connectivity index (χ4v) is 3.01. The van der Waals surface area contributed by atoms with Crippen molar-refractivity contribution in [3.8, 4) is 0 Å². The Morgan fingerprint density at radius 1 is 1.30 bits per heavy atom. The number of hydrogen-bond acceptors (Lipinski definition) is 3. The lowest BCUT2D eigenvalue weighted by Crippen LogP contribution is -2.41. The van der Waals surface area contributed by atoms with Gasteiger partial charge in [-0.2, -0.15) is 4.99 Å². The Bertz CT molecular complexity index is 898. The summed E-state index contributed by atoms with van der Waals surface area (Å²) in [4.78, 5) is 27.1. The van der Waals surface area contributed by atoms with Gasteiger partial charge in [0.25, 0.3) is 0 Å². The molecule has 0 saturated carbocycles. The molecule has 8 heteroatoms. The van der Waals surface area contributed by atoms with Crippen LogP contribution in [-0.2, 0) is 29.2 Å². The maximum atomic E-state index is 14.1. The summed E-state index contributed by atoms with van der Waals surface area (Å²) < 4.78 is 28.2. The van der Waals surface area contributed by atoms with E-state index in [1.54, 1.807) is 24.3 Å². The van der Waals surface area contributed by atoms with Crippen LogP contribution in [0.1, 0.15) is 19.4 Å². The molecule has 0 aliphatic carbocycles. The van der Waals surface area contributed by atoms with Crippen molar-refractivity contribution in [2.45, 2.75) is 25.2 Å². The van der Waals surface area contributed by atoms with Crippen LogP contribution in [0.25, 0.3) is 0 Å². The van der Waals surface area contributed by atoms with Crippen molar-refractivity contribution in [2.75, 3.05) is 0 Å². The number of aryl methyl sites for hydroxylation is 1. The van der Waals surface area contributed by atoms with Crippen LogP contribution in [0, 0.1) is 5.82 Å². The average Bonchev–Trinajstić information content (AvgIpc) is 2.54. The lowest BCUT2D eigenvalue weighted by molar-refractivity contribution is -0.116. The predicted molar refractivity (Wildman–Crippen MR) is 83.5 cm³/mol. The Balaban J connectivity index is 2.58. The summed E-state index contributed by atoms with van der Waals surface area (Å²) in [6, 6.07) is 6.86. The van der Waals surface area contributed by atoms with Gasteiger partial charge in [0.05, 0.1) is 11.1 Å². The lowest BCUT2D eigenvalue weighted by Gasteiger charge is -2.09. The van der Waals surface area contributed by atoms with Gasteiger partial charge in [0.2, 0.25) is 5.91 Å². The molecule has 122 valence electrons. The molecule has 1 aromatic heterocycles. The molecule has 1 heterocycles. The molecule has 0 bridgehead atoms. The number of hydrogen-bond donors (Lipinski definition) is 0. The molecule has 2 rings (SSSR count). The van der Waals surface area contributed by atoms with Gasteiger partial charge in [-0.3, -0.25) is 9.36 Å². The first kappa shape index (κ1) is 17.0. The van der Waals surface area contributed by atoms with Crippen LogP contribution in [0.15, 0.2) is 45.1 Å². The van der Waals surface area contributed by atoms with E-state index in [4.69, 9.17) is 0 Å². The van der Waals surface area contributed by atoms with Gasteiger partial charge < -0.3 is 0 Å². The number of amides is 1. The van der Waals surface area contributed by atoms with E-state index >= 15 is 0 Å². The maximum Gasteiger partial charge on any atom is 0.341 e. The molecule has 1 unspecified atom stereocenters. The highest BCUT2D eigenvalue weighted by atomic mass is 32.2. The Labute approximate surface area is 134 Å². The maximum absolute atomic E-state index is 14.1. The highest BCUT2D eigenvalue weighted by Gasteiger charge is 2.14. The Morgan fingerprint density at radius 3 is 2.43 bits per heavy atom. The number of aromatic nitrogens is 2. The van der Waals surface area contributed by atoms with E-state index in [1.807, 2.05) is 6.92 Å². The molecule has 0 radical (unpaired) electrons. The summed E-state index contributed by atoms with van der Waals surface area (Å²) in [5.74, 6) is -1.53. The van der Waals surface area contributed by atoms with Crippen molar-refractivity contribution in [1.82, 2.24) is 8.54 Å². The highest BCUT2D eigenvalue weighted by molar-refractivity contribution is 7.83. The molecule has 0 aliphatic rings. The van der Waals surface area contributed by atoms with Crippen molar-refractivity contribution < 1.29 is 13.4 Å². The molecular weight excluding hydrogens is 321 g/mol. The van der Waals surface area contributed by atoms with E-state index in [9.17, 15) is 18.2 Å². The standard InChI is InChI=1S/C15H16FN3O3S/c1-4-11-5-7-12(8-6-11)23(22)19-9-13(16)14(17-10(2)20)18(3)15(19)21/h5-9H,4H2,1-3H3. The third-order valence-corrected chi connectivity index (χ3v) is 4.51. The molecule has 0 aliphatic heterocycles. The molecule has 1 amide bonds. The van der Waals surface area contributed by atoms with Gasteiger partial charge in [-0.15, -0.1) is 0 Å². The SMILES string of the molecule is CCc1ccc(S(=O)n2cc(F)c(=NC(C)=O)n(C)c2=O)cc1. The third kappa shape index (κ3) is 3.53. The minimum Gasteiger partial charge on any atom is -0.278 e. The van der Waals surface area contributed by atoms with Gasteiger partial charge in [0.1, 0.15) is 0 Å². The molecule has 1 atom stereocenters. The fourth-order valence-electron chi connectivity index (χ4n) is 1.97. The van der Waals surface area contributed by atoms with Gasteiger partial charge in [0, 0.05) is 14.0 Å². The highest BCUT2D eigenvalue weighted by Crippen LogP contribution is 2.10. The molecule has 0 N–H and O–H groups in total. The van der Waals surface area contributed by atoms with Crippen LogP contribution < -0.4 is 11.2 Å². The molecule has 0 saturated heterocycles. The molecule has 23 heavy (non-hydrogen) atoms. The summed E-state index contributed by atoms with van der Waals surface area (Å²) in [5, 5.41) is 0. The predicted octanol–water partition coefficient (Wildman–Crippen LogP) is 0.906. The Hall–Kier alpha value is -2.35. The van der Waals surface area contributed by atoms with Crippen molar-refractivity contribution in [3.05, 3.63) is 57.8 Å². The minimum absolute atomic E-state index is 0.375. The largest absolute Gasteiger partial charge is 0.341 e. The van der Waals surface area contributed by atoms with Crippen molar-refractivity contribution in [2.24, 2.45) is 12.0 Å². The number of carbonyl (C=O) groups is 1. The van der Waals surface area contributed by atoms with Gasteiger partial charge in [-0.05, 0) is 24.1 Å². The number of nitrogens with zero attached hydrogens (tertiary/aromatic N) is 3. The lowest BCUT2D eigenvalue weighted by atomic mass is 10.2. The van der Waals surface area contributed by atoms with Crippen LogP contribution in [0.3, 0.4) is 0 Å². The third-order valence-electron chi connectivity index (χ3n) is 3.21. The summed E-state index contributed by atoms with van der Waals surface area (Å²) in [5.41, 5.74) is -0.0631. The van der Waals surface area contributed by atoms with Crippen LogP contribution in [-0.4, -0.2) is 18.7 Å². The molecule has 1 aromatic carbocycles. The molecule has 0 fully saturated rings. The first-order valence-electron chi connectivity index (χ1n) is 6.89. The number of halogens is 1. The zero-order valence-electron chi connectivity index (χ0n) is 12.9. The first-order valence-corrected chi connectivity index (χ1v) is 8.00. The van der Waals surface area contributed by atoms with Crippen LogP contribution in [0.4, 0.5) is 4.39 Å². The van der Waals surface area contributed by atoms with Crippen LogP contribution >= 0.6 is 0 Å². The second kappa shape index (κ2) is 6.82. The number of rotatable bonds is 3. The average molecular weight is 337 g/mol. The van der Waals surface area contributed by atoms with Crippen LogP contribution in [0.5, 0.6) is 0 Å². The van der Waals surface area contributed by atoms with Gasteiger partial charge >= 0.3 is 5.69 Å². The van der Waals surface area contributed by atoms with Crippen molar-refractivity contribution in [3.63, 3.8) is 0 Å². The second-order valence-electron chi connectivity index (χ2n) is 4.85. The zero-order valence-corrected chi connectivity index (χ0v) is 13.8. The summed E-state index contributed by atoms with van der Waals surface area (Å²) in [6.45, 7) is 3.14. The number of benzene rings is 1. The first-order chi connectivity index (χ1) is 10.8. The van der Waals surface area contributed by atoms with Crippen molar-refractivity contribution >= 4 is 16.9 Å². The van der Waals surface area contributed by atoms with Crippen molar-refractivity contribution in [1.29, 1.82) is 0 Å². The van der Waals surface area contributed by atoms with E-state index in [-0.39, 0.29) is 0 Å².